The second kappa shape index (κ2) is 7.01. The van der Waals surface area contributed by atoms with Gasteiger partial charge in [0.15, 0.2) is 5.11 Å². The van der Waals surface area contributed by atoms with Gasteiger partial charge in [0.05, 0.1) is 22.5 Å². The zero-order chi connectivity index (χ0) is 17.0. The molecule has 0 bridgehead atoms. The van der Waals surface area contributed by atoms with Crippen LogP contribution in [0.4, 0.5) is 18.9 Å². The molecule has 0 saturated heterocycles. The first-order valence-corrected chi connectivity index (χ1v) is 7.08. The van der Waals surface area contributed by atoms with Crippen LogP contribution in [0, 0.1) is 0 Å². The number of benzene rings is 1. The Morgan fingerprint density at radius 3 is 2.65 bits per heavy atom. The average Bonchev–Trinajstić information content (AvgIpc) is 3.00. The minimum absolute atomic E-state index is 0.00266. The molecule has 1 aromatic heterocycles. The molecule has 0 aliphatic rings. The molecule has 1 heterocycles. The third-order valence-corrected chi connectivity index (χ3v) is 3.27. The molecular weight excluding hydrogens is 351 g/mol. The Kier molecular flexibility index (Phi) is 5.27. The Balaban J connectivity index is 2.07. The lowest BCUT2D eigenvalue weighted by Gasteiger charge is -2.12. The van der Waals surface area contributed by atoms with Crippen LogP contribution in [0.2, 0.25) is 5.02 Å². The van der Waals surface area contributed by atoms with Gasteiger partial charge in [-0.05, 0) is 49.5 Å². The highest BCUT2D eigenvalue weighted by Crippen LogP contribution is 2.33. The molecule has 0 aliphatic carbocycles. The molecule has 23 heavy (non-hydrogen) atoms. The number of nitrogens with zero attached hydrogens (tertiary/aromatic N) is 1. The van der Waals surface area contributed by atoms with Gasteiger partial charge in [0.25, 0.3) is 0 Å². The summed E-state index contributed by atoms with van der Waals surface area (Å²) in [5.41, 5.74) is 2.24. The van der Waals surface area contributed by atoms with Crippen LogP contribution in [-0.4, -0.2) is 10.8 Å². The van der Waals surface area contributed by atoms with Gasteiger partial charge in [-0.25, -0.2) is 0 Å². The Hall–Kier alpha value is -2.06. The van der Waals surface area contributed by atoms with Gasteiger partial charge >= 0.3 is 6.18 Å². The van der Waals surface area contributed by atoms with Gasteiger partial charge in [-0.3, -0.25) is 5.43 Å². The maximum absolute atomic E-state index is 12.7. The number of hydrazone groups is 1. The van der Waals surface area contributed by atoms with E-state index in [0.29, 0.717) is 11.5 Å². The zero-order valence-corrected chi connectivity index (χ0v) is 13.3. The van der Waals surface area contributed by atoms with E-state index in [1.54, 1.807) is 19.1 Å². The van der Waals surface area contributed by atoms with Crippen LogP contribution in [0.3, 0.4) is 0 Å². The van der Waals surface area contributed by atoms with Gasteiger partial charge in [-0.2, -0.15) is 18.3 Å². The topological polar surface area (TPSA) is 49.6 Å². The van der Waals surface area contributed by atoms with E-state index < -0.39 is 11.7 Å². The Morgan fingerprint density at radius 2 is 2.04 bits per heavy atom. The smallest absolute Gasteiger partial charge is 0.416 e. The van der Waals surface area contributed by atoms with Crippen LogP contribution in [0.5, 0.6) is 0 Å². The van der Waals surface area contributed by atoms with E-state index in [4.69, 9.17) is 28.2 Å². The van der Waals surface area contributed by atoms with Gasteiger partial charge in [0.1, 0.15) is 11.5 Å². The number of nitrogens with one attached hydrogen (secondary N) is 2. The van der Waals surface area contributed by atoms with E-state index in [0.717, 1.165) is 18.2 Å². The van der Waals surface area contributed by atoms with Crippen molar-refractivity contribution in [3.63, 3.8) is 0 Å². The van der Waals surface area contributed by atoms with Gasteiger partial charge in [-0.15, -0.1) is 0 Å². The van der Waals surface area contributed by atoms with Crippen molar-refractivity contribution in [3.05, 3.63) is 52.9 Å². The Morgan fingerprint density at radius 1 is 1.30 bits per heavy atom. The van der Waals surface area contributed by atoms with Crippen molar-refractivity contribution in [3.8, 4) is 0 Å². The van der Waals surface area contributed by atoms with E-state index in [2.05, 4.69) is 15.8 Å². The van der Waals surface area contributed by atoms with E-state index in [9.17, 15) is 13.2 Å². The molecule has 0 atom stereocenters. The first kappa shape index (κ1) is 17.3. The van der Waals surface area contributed by atoms with Crippen LogP contribution in [0.15, 0.2) is 46.1 Å². The largest absolute Gasteiger partial charge is 0.463 e. The average molecular weight is 362 g/mol. The van der Waals surface area contributed by atoms with Crippen LogP contribution in [-0.2, 0) is 6.18 Å². The summed E-state index contributed by atoms with van der Waals surface area (Å²) in [6.45, 7) is 1.69. The van der Waals surface area contributed by atoms with Crippen molar-refractivity contribution in [2.75, 3.05) is 5.32 Å². The quantitative estimate of drug-likeness (QED) is 0.474. The molecule has 0 saturated carbocycles. The maximum atomic E-state index is 12.7. The summed E-state index contributed by atoms with van der Waals surface area (Å²) in [6.07, 6.45) is -2.97. The summed E-state index contributed by atoms with van der Waals surface area (Å²) in [6, 6.07) is 6.32. The molecule has 0 spiro atoms. The highest BCUT2D eigenvalue weighted by molar-refractivity contribution is 7.80. The van der Waals surface area contributed by atoms with Crippen molar-refractivity contribution in [1.29, 1.82) is 0 Å². The fourth-order valence-electron chi connectivity index (χ4n) is 1.62. The third-order valence-electron chi connectivity index (χ3n) is 2.74. The van der Waals surface area contributed by atoms with Gasteiger partial charge < -0.3 is 9.73 Å². The number of hydrogen-bond acceptors (Lipinski definition) is 3. The molecule has 0 radical (unpaired) electrons. The summed E-state index contributed by atoms with van der Waals surface area (Å²) >= 11 is 10.8. The monoisotopic (exact) mass is 361 g/mol. The molecule has 9 heteroatoms. The van der Waals surface area contributed by atoms with Crippen molar-refractivity contribution < 1.29 is 17.6 Å². The lowest BCUT2D eigenvalue weighted by Crippen LogP contribution is -2.25. The number of hydrogen-bond donors (Lipinski definition) is 2. The molecule has 4 nitrogen and oxygen atoms in total. The highest BCUT2D eigenvalue weighted by Gasteiger charge is 2.31. The van der Waals surface area contributed by atoms with E-state index >= 15 is 0 Å². The van der Waals surface area contributed by atoms with Crippen LogP contribution in [0.25, 0.3) is 0 Å². The first-order valence-electron chi connectivity index (χ1n) is 6.29. The predicted octanol–water partition coefficient (Wildman–Crippen LogP) is 4.66. The number of furan rings is 1. The predicted molar refractivity (Wildman–Crippen MR) is 86.7 cm³/mol. The van der Waals surface area contributed by atoms with Crippen LogP contribution < -0.4 is 10.7 Å². The third kappa shape index (κ3) is 4.70. The van der Waals surface area contributed by atoms with Crippen molar-refractivity contribution >= 4 is 40.3 Å². The summed E-state index contributed by atoms with van der Waals surface area (Å²) in [4.78, 5) is 0. The van der Waals surface area contributed by atoms with Gasteiger partial charge in [0.2, 0.25) is 0 Å². The lowest BCUT2D eigenvalue weighted by molar-refractivity contribution is -0.137. The van der Waals surface area contributed by atoms with Gasteiger partial charge in [-0.1, -0.05) is 11.6 Å². The fourth-order valence-corrected chi connectivity index (χ4v) is 1.94. The number of alkyl halides is 3. The Labute approximate surface area is 140 Å². The van der Waals surface area contributed by atoms with Gasteiger partial charge in [0, 0.05) is 0 Å². The second-order valence-electron chi connectivity index (χ2n) is 4.43. The lowest BCUT2D eigenvalue weighted by atomic mass is 10.2. The highest BCUT2D eigenvalue weighted by atomic mass is 35.5. The Bertz CT molecular complexity index is 729. The molecular formula is C14H11ClF3N3OS. The number of rotatable bonds is 3. The summed E-state index contributed by atoms with van der Waals surface area (Å²) < 4.78 is 43.2. The van der Waals surface area contributed by atoms with Crippen LogP contribution in [0.1, 0.15) is 18.2 Å². The van der Waals surface area contributed by atoms with E-state index in [1.807, 2.05) is 0 Å². The number of thiocarbonyl (C=S) groups is 1. The minimum Gasteiger partial charge on any atom is -0.463 e. The minimum atomic E-state index is -4.47. The van der Waals surface area contributed by atoms with Crippen molar-refractivity contribution in [1.82, 2.24) is 5.43 Å². The van der Waals surface area contributed by atoms with E-state index in [1.165, 1.54) is 6.26 Å². The summed E-state index contributed by atoms with van der Waals surface area (Å²) in [7, 11) is 0. The van der Waals surface area contributed by atoms with Crippen molar-refractivity contribution in [2.45, 2.75) is 13.1 Å². The molecule has 0 unspecified atom stereocenters. The van der Waals surface area contributed by atoms with E-state index in [-0.39, 0.29) is 15.8 Å². The fraction of sp³-hybridized carbons (Fsp3) is 0.143. The summed E-state index contributed by atoms with van der Waals surface area (Å²) in [5, 5.41) is 6.64. The molecule has 0 fully saturated rings. The second-order valence-corrected chi connectivity index (χ2v) is 5.25. The number of halogens is 4. The molecule has 2 N–H and O–H groups in total. The number of anilines is 1. The first-order chi connectivity index (χ1) is 10.8. The molecule has 1 aromatic carbocycles. The molecule has 0 aliphatic heterocycles. The molecule has 122 valence electrons. The molecule has 2 rings (SSSR count). The van der Waals surface area contributed by atoms with Crippen molar-refractivity contribution in [2.24, 2.45) is 5.10 Å². The maximum Gasteiger partial charge on any atom is 0.416 e. The zero-order valence-electron chi connectivity index (χ0n) is 11.7. The molecule has 0 amide bonds. The SMILES string of the molecule is C/C(=N/NC(=S)Nc1cc(C(F)(F)F)ccc1Cl)c1ccco1. The van der Waals surface area contributed by atoms with Crippen LogP contribution >= 0.6 is 23.8 Å². The normalized spacial score (nSPS) is 12.1. The summed E-state index contributed by atoms with van der Waals surface area (Å²) in [5.74, 6) is 0.539. The molecule has 2 aromatic rings. The standard InChI is InChI=1S/C14H11ClF3N3OS/c1-8(12-3-2-6-22-12)20-21-13(23)19-11-7-9(14(16,17)18)4-5-10(11)15/h2-7H,1H3,(H2,19,21,23)/b20-8-.